The van der Waals surface area contributed by atoms with Crippen LogP contribution < -0.4 is 0 Å². The van der Waals surface area contributed by atoms with Crippen molar-refractivity contribution < 1.29 is 23.1 Å². The summed E-state index contributed by atoms with van der Waals surface area (Å²) in [6, 6.07) is 13.0. The van der Waals surface area contributed by atoms with Gasteiger partial charge in [-0.25, -0.2) is 0 Å². The SMILES string of the molecule is O=C(O)CCCCn1nnc(Cc2cn(Cc3ccc(C(F)(F)F)cc3)c3ccccc23)n1. The van der Waals surface area contributed by atoms with E-state index in [0.29, 0.717) is 38.2 Å². The quantitative estimate of drug-likeness (QED) is 0.373. The van der Waals surface area contributed by atoms with Crippen LogP contribution in [0.2, 0.25) is 0 Å². The van der Waals surface area contributed by atoms with Crippen LogP contribution >= 0.6 is 0 Å². The Bertz CT molecular complexity index is 1250. The molecule has 4 rings (SSSR count). The highest BCUT2D eigenvalue weighted by atomic mass is 19.4. The number of hydrogen-bond acceptors (Lipinski definition) is 4. The number of alkyl halides is 3. The van der Waals surface area contributed by atoms with E-state index < -0.39 is 17.7 Å². The van der Waals surface area contributed by atoms with Gasteiger partial charge >= 0.3 is 12.1 Å². The number of aryl methyl sites for hydroxylation is 1. The molecule has 0 atom stereocenters. The van der Waals surface area contributed by atoms with Gasteiger partial charge in [0.15, 0.2) is 5.82 Å². The highest BCUT2D eigenvalue weighted by Gasteiger charge is 2.29. The molecule has 0 spiro atoms. The second-order valence-corrected chi connectivity index (χ2v) is 7.82. The Morgan fingerprint density at radius 2 is 1.79 bits per heavy atom. The van der Waals surface area contributed by atoms with Gasteiger partial charge in [-0.15, -0.1) is 10.2 Å². The van der Waals surface area contributed by atoms with Crippen LogP contribution in [0.3, 0.4) is 0 Å². The number of unbranched alkanes of at least 4 members (excludes halogenated alkanes) is 1. The normalized spacial score (nSPS) is 11.8. The number of aliphatic carboxylic acids is 1. The molecular formula is C23H22F3N5O2. The second kappa shape index (κ2) is 9.43. The van der Waals surface area contributed by atoms with Crippen LogP contribution in [0.15, 0.2) is 54.7 Å². The molecule has 33 heavy (non-hydrogen) atoms. The smallest absolute Gasteiger partial charge is 0.416 e. The summed E-state index contributed by atoms with van der Waals surface area (Å²) in [7, 11) is 0. The highest BCUT2D eigenvalue weighted by Crippen LogP contribution is 2.30. The van der Waals surface area contributed by atoms with Crippen molar-refractivity contribution in [3.8, 4) is 0 Å². The molecule has 7 nitrogen and oxygen atoms in total. The van der Waals surface area contributed by atoms with Crippen LogP contribution in [0.25, 0.3) is 10.9 Å². The lowest BCUT2D eigenvalue weighted by atomic mass is 10.1. The molecule has 1 N–H and O–H groups in total. The lowest BCUT2D eigenvalue weighted by Gasteiger charge is -2.09. The van der Waals surface area contributed by atoms with E-state index in [1.165, 1.54) is 16.9 Å². The number of tetrazole rings is 1. The maximum Gasteiger partial charge on any atom is 0.416 e. The molecular weight excluding hydrogens is 435 g/mol. The third-order valence-electron chi connectivity index (χ3n) is 5.35. The lowest BCUT2D eigenvalue weighted by Crippen LogP contribution is -2.05. The van der Waals surface area contributed by atoms with Crippen molar-refractivity contribution in [2.24, 2.45) is 0 Å². The fourth-order valence-corrected chi connectivity index (χ4v) is 3.73. The molecule has 0 unspecified atom stereocenters. The number of carboxylic acids is 1. The summed E-state index contributed by atoms with van der Waals surface area (Å²) < 4.78 is 40.5. The Kier molecular flexibility index (Phi) is 6.43. The van der Waals surface area contributed by atoms with E-state index in [1.807, 2.05) is 35.0 Å². The number of hydrogen-bond donors (Lipinski definition) is 1. The zero-order chi connectivity index (χ0) is 23.4. The van der Waals surface area contributed by atoms with Gasteiger partial charge in [-0.2, -0.15) is 18.0 Å². The van der Waals surface area contributed by atoms with Crippen molar-refractivity contribution in [2.75, 3.05) is 0 Å². The molecule has 0 saturated heterocycles. The molecule has 2 aromatic heterocycles. The average Bonchev–Trinajstić information content (AvgIpc) is 3.36. The van der Waals surface area contributed by atoms with Crippen LogP contribution in [-0.4, -0.2) is 35.9 Å². The van der Waals surface area contributed by atoms with Gasteiger partial charge in [0.1, 0.15) is 0 Å². The molecule has 0 radical (unpaired) electrons. The number of nitrogens with zero attached hydrogens (tertiary/aromatic N) is 5. The summed E-state index contributed by atoms with van der Waals surface area (Å²) in [5.74, 6) is -0.277. The van der Waals surface area contributed by atoms with E-state index in [0.717, 1.165) is 34.2 Å². The first kappa shape index (κ1) is 22.5. The van der Waals surface area contributed by atoms with Crippen LogP contribution in [0.1, 0.15) is 41.8 Å². The van der Waals surface area contributed by atoms with Crippen molar-refractivity contribution in [2.45, 2.75) is 44.9 Å². The van der Waals surface area contributed by atoms with Crippen LogP contribution in [0.5, 0.6) is 0 Å². The maximum absolute atomic E-state index is 12.8. The summed E-state index contributed by atoms with van der Waals surface area (Å²) in [6.45, 7) is 0.929. The van der Waals surface area contributed by atoms with E-state index >= 15 is 0 Å². The molecule has 0 aliphatic rings. The van der Waals surface area contributed by atoms with Crippen LogP contribution in [-0.2, 0) is 30.5 Å². The summed E-state index contributed by atoms with van der Waals surface area (Å²) in [5, 5.41) is 22.3. The van der Waals surface area contributed by atoms with Crippen LogP contribution in [0, 0.1) is 0 Å². The minimum absolute atomic E-state index is 0.111. The van der Waals surface area contributed by atoms with Gasteiger partial charge in [0.05, 0.1) is 12.1 Å². The van der Waals surface area contributed by atoms with Gasteiger partial charge < -0.3 is 9.67 Å². The number of para-hydroxylation sites is 1. The monoisotopic (exact) mass is 457 g/mol. The number of benzene rings is 2. The van der Waals surface area contributed by atoms with Crippen molar-refractivity contribution in [3.05, 3.63) is 77.2 Å². The summed E-state index contributed by atoms with van der Waals surface area (Å²) in [4.78, 5) is 12.1. The minimum Gasteiger partial charge on any atom is -0.481 e. The summed E-state index contributed by atoms with van der Waals surface area (Å²) >= 11 is 0. The standard InChI is InChI=1S/C23H22F3N5O2/c24-23(25,26)18-10-8-16(9-11-18)14-30-15-17(19-5-1-2-6-20(19)30)13-21-27-29-31(28-21)12-4-3-7-22(32)33/h1-2,5-6,8-11,15H,3-4,7,12-14H2,(H,32,33). The van der Waals surface area contributed by atoms with Crippen molar-refractivity contribution in [3.63, 3.8) is 0 Å². The molecule has 172 valence electrons. The molecule has 2 aromatic carbocycles. The van der Waals surface area contributed by atoms with E-state index in [9.17, 15) is 18.0 Å². The van der Waals surface area contributed by atoms with E-state index in [-0.39, 0.29) is 6.42 Å². The van der Waals surface area contributed by atoms with E-state index in [1.54, 1.807) is 0 Å². The number of aromatic nitrogens is 5. The topological polar surface area (TPSA) is 85.8 Å². The Labute approximate surface area is 187 Å². The largest absolute Gasteiger partial charge is 0.481 e. The van der Waals surface area contributed by atoms with Crippen molar-refractivity contribution >= 4 is 16.9 Å². The van der Waals surface area contributed by atoms with Gasteiger partial charge in [0.2, 0.25) is 0 Å². The molecule has 10 heteroatoms. The number of carboxylic acid groups (broad SMARTS) is 1. The van der Waals surface area contributed by atoms with E-state index in [4.69, 9.17) is 5.11 Å². The lowest BCUT2D eigenvalue weighted by molar-refractivity contribution is -0.138. The Morgan fingerprint density at radius 1 is 1.03 bits per heavy atom. The zero-order valence-corrected chi connectivity index (χ0v) is 17.7. The minimum atomic E-state index is -4.35. The number of carbonyl (C=O) groups is 1. The fourth-order valence-electron chi connectivity index (χ4n) is 3.73. The molecule has 0 aliphatic heterocycles. The molecule has 0 fully saturated rings. The van der Waals surface area contributed by atoms with Gasteiger partial charge in [0, 0.05) is 36.5 Å². The first-order chi connectivity index (χ1) is 15.8. The number of fused-ring (bicyclic) bond motifs is 1. The summed E-state index contributed by atoms with van der Waals surface area (Å²) in [6.07, 6.45) is -0.629. The molecule has 0 saturated carbocycles. The van der Waals surface area contributed by atoms with Gasteiger partial charge in [-0.1, -0.05) is 30.3 Å². The fraction of sp³-hybridized carbons (Fsp3) is 0.304. The van der Waals surface area contributed by atoms with Crippen molar-refractivity contribution in [1.82, 2.24) is 24.8 Å². The molecule has 4 aromatic rings. The maximum atomic E-state index is 12.8. The van der Waals surface area contributed by atoms with Crippen LogP contribution in [0.4, 0.5) is 13.2 Å². The number of rotatable bonds is 9. The molecule has 0 aliphatic carbocycles. The first-order valence-electron chi connectivity index (χ1n) is 10.5. The van der Waals surface area contributed by atoms with Gasteiger partial charge in [-0.05, 0) is 47.4 Å². The predicted octanol–water partition coefficient (Wildman–Crippen LogP) is 4.54. The second-order valence-electron chi connectivity index (χ2n) is 7.82. The Hall–Kier alpha value is -3.69. The highest BCUT2D eigenvalue weighted by molar-refractivity contribution is 5.84. The summed E-state index contributed by atoms with van der Waals surface area (Å²) in [5.41, 5.74) is 2.05. The molecule has 0 amide bonds. The third kappa shape index (κ3) is 5.57. The molecule has 2 heterocycles. The first-order valence-corrected chi connectivity index (χ1v) is 10.5. The average molecular weight is 457 g/mol. The van der Waals surface area contributed by atoms with Crippen molar-refractivity contribution in [1.29, 1.82) is 0 Å². The Morgan fingerprint density at radius 3 is 2.52 bits per heavy atom. The molecule has 0 bridgehead atoms. The van der Waals surface area contributed by atoms with Gasteiger partial charge in [-0.3, -0.25) is 4.79 Å². The number of halogens is 3. The third-order valence-corrected chi connectivity index (χ3v) is 5.35. The van der Waals surface area contributed by atoms with Gasteiger partial charge in [0.25, 0.3) is 0 Å². The zero-order valence-electron chi connectivity index (χ0n) is 17.7. The Balaban J connectivity index is 1.49. The predicted molar refractivity (Wildman–Crippen MR) is 115 cm³/mol. The van der Waals surface area contributed by atoms with E-state index in [2.05, 4.69) is 15.4 Å².